The molecule has 3 rings (SSSR count). The highest BCUT2D eigenvalue weighted by Crippen LogP contribution is 2.48. The number of hydrogen-bond acceptors (Lipinski definition) is 6. The average molecular weight is 472 g/mol. The topological polar surface area (TPSA) is 93.1 Å². The first kappa shape index (κ1) is 24.9. The number of aliphatic hydroxyl groups is 1. The van der Waals surface area contributed by atoms with Crippen molar-refractivity contribution in [2.45, 2.75) is 57.1 Å². The number of aliphatic hydroxyl groups excluding tert-OH is 1. The summed E-state index contributed by atoms with van der Waals surface area (Å²) >= 11 is 0. The Kier molecular flexibility index (Phi) is 7.83. The molecule has 0 radical (unpaired) electrons. The lowest BCUT2D eigenvalue weighted by molar-refractivity contribution is 0.0169. The second-order valence-corrected chi connectivity index (χ2v) is 11.9. The Hall–Kier alpha value is -1.71. The molecule has 2 unspecified atom stereocenters. The van der Waals surface area contributed by atoms with Crippen LogP contribution in [0.3, 0.4) is 0 Å². The fourth-order valence-corrected chi connectivity index (χ4v) is 5.31. The van der Waals surface area contributed by atoms with Gasteiger partial charge in [0.2, 0.25) is 0 Å². The van der Waals surface area contributed by atoms with Crippen molar-refractivity contribution < 1.29 is 32.2 Å². The van der Waals surface area contributed by atoms with Crippen molar-refractivity contribution in [3.8, 4) is 0 Å². The fourth-order valence-electron chi connectivity index (χ4n) is 4.27. The minimum atomic E-state index is -3.68. The van der Waals surface area contributed by atoms with Crippen molar-refractivity contribution in [1.29, 1.82) is 0 Å². The van der Waals surface area contributed by atoms with Crippen LogP contribution in [0.25, 0.3) is 0 Å². The SMILES string of the molecule is CC(C)(C)OC(=O)N1CCC(C2CC2COCc2ccc(S(=O)(=O)CCO)cc2F)CC1. The molecule has 7 nitrogen and oxygen atoms in total. The highest BCUT2D eigenvalue weighted by atomic mass is 32.2. The van der Waals surface area contributed by atoms with Gasteiger partial charge in [-0.25, -0.2) is 17.6 Å². The second kappa shape index (κ2) is 10.1. The van der Waals surface area contributed by atoms with Gasteiger partial charge in [-0.3, -0.25) is 0 Å². The molecule has 0 aromatic heterocycles. The number of nitrogens with zero attached hydrogens (tertiary/aromatic N) is 1. The minimum absolute atomic E-state index is 0.0898. The normalized spacial score (nSPS) is 22.1. The maximum Gasteiger partial charge on any atom is 0.410 e. The summed E-state index contributed by atoms with van der Waals surface area (Å²) in [5.74, 6) is 0.537. The van der Waals surface area contributed by atoms with Crippen molar-refractivity contribution in [2.24, 2.45) is 17.8 Å². The summed E-state index contributed by atoms with van der Waals surface area (Å²) in [6, 6.07) is 3.77. The zero-order valence-corrected chi connectivity index (χ0v) is 19.9. The van der Waals surface area contributed by atoms with Crippen LogP contribution in [0, 0.1) is 23.6 Å². The van der Waals surface area contributed by atoms with Gasteiger partial charge in [0.25, 0.3) is 0 Å². The molecule has 0 spiro atoms. The molecule has 32 heavy (non-hydrogen) atoms. The number of benzene rings is 1. The van der Waals surface area contributed by atoms with Crippen molar-refractivity contribution in [1.82, 2.24) is 4.90 Å². The summed E-state index contributed by atoms with van der Waals surface area (Å²) < 4.78 is 49.3. The summed E-state index contributed by atoms with van der Waals surface area (Å²) in [6.07, 6.45) is 2.75. The molecule has 1 saturated heterocycles. The van der Waals surface area contributed by atoms with Gasteiger partial charge in [-0.05, 0) is 69.9 Å². The van der Waals surface area contributed by atoms with Gasteiger partial charge in [0.1, 0.15) is 11.4 Å². The maximum atomic E-state index is 14.3. The van der Waals surface area contributed by atoms with Gasteiger partial charge >= 0.3 is 6.09 Å². The van der Waals surface area contributed by atoms with Gasteiger partial charge in [-0.2, -0.15) is 0 Å². The molecule has 1 aliphatic heterocycles. The molecular weight excluding hydrogens is 437 g/mol. The van der Waals surface area contributed by atoms with Crippen LogP contribution in [-0.2, 0) is 25.9 Å². The van der Waals surface area contributed by atoms with Gasteiger partial charge < -0.3 is 19.5 Å². The smallest absolute Gasteiger partial charge is 0.410 e. The molecule has 1 heterocycles. The quantitative estimate of drug-likeness (QED) is 0.625. The van der Waals surface area contributed by atoms with E-state index in [1.807, 2.05) is 20.8 Å². The lowest BCUT2D eigenvalue weighted by atomic mass is 9.91. The zero-order chi connectivity index (χ0) is 23.5. The van der Waals surface area contributed by atoms with Crippen molar-refractivity contribution in [3.05, 3.63) is 29.6 Å². The highest BCUT2D eigenvalue weighted by molar-refractivity contribution is 7.91. The number of hydrogen-bond donors (Lipinski definition) is 1. The Balaban J connectivity index is 1.40. The molecule has 180 valence electrons. The van der Waals surface area contributed by atoms with Crippen LogP contribution < -0.4 is 0 Å². The number of amides is 1. The van der Waals surface area contributed by atoms with Gasteiger partial charge in [0.15, 0.2) is 9.84 Å². The van der Waals surface area contributed by atoms with Crippen LogP contribution in [0.4, 0.5) is 9.18 Å². The first-order valence-corrected chi connectivity index (χ1v) is 12.8. The van der Waals surface area contributed by atoms with Crippen molar-refractivity contribution >= 4 is 15.9 Å². The predicted octanol–water partition coefficient (Wildman–Crippen LogP) is 3.39. The number of sulfone groups is 1. The van der Waals surface area contributed by atoms with E-state index in [1.165, 1.54) is 12.1 Å². The summed E-state index contributed by atoms with van der Waals surface area (Å²) in [5, 5.41) is 8.84. The van der Waals surface area contributed by atoms with E-state index in [0.717, 1.165) is 25.3 Å². The molecule has 1 aromatic carbocycles. The van der Waals surface area contributed by atoms with Gasteiger partial charge in [0, 0.05) is 18.7 Å². The molecule has 1 saturated carbocycles. The Bertz CT molecular complexity index is 906. The van der Waals surface area contributed by atoms with Gasteiger partial charge in [0.05, 0.1) is 30.5 Å². The Morgan fingerprint density at radius 1 is 1.25 bits per heavy atom. The highest BCUT2D eigenvalue weighted by Gasteiger charge is 2.44. The molecule has 1 aliphatic carbocycles. The number of halogens is 1. The summed E-state index contributed by atoms with van der Waals surface area (Å²) in [7, 11) is -3.68. The van der Waals surface area contributed by atoms with Crippen LogP contribution in [-0.4, -0.2) is 62.2 Å². The van der Waals surface area contributed by atoms with Crippen LogP contribution in [0.2, 0.25) is 0 Å². The lowest BCUT2D eigenvalue weighted by Crippen LogP contribution is -2.42. The van der Waals surface area contributed by atoms with Crippen LogP contribution in [0.5, 0.6) is 0 Å². The molecule has 1 amide bonds. The molecular formula is C23H34FNO6S. The Morgan fingerprint density at radius 3 is 2.53 bits per heavy atom. The van der Waals surface area contributed by atoms with E-state index in [-0.39, 0.29) is 17.6 Å². The van der Waals surface area contributed by atoms with Crippen molar-refractivity contribution in [2.75, 3.05) is 32.1 Å². The van der Waals surface area contributed by atoms with Gasteiger partial charge in [-0.15, -0.1) is 0 Å². The Labute approximate surface area is 189 Å². The molecule has 2 fully saturated rings. The zero-order valence-electron chi connectivity index (χ0n) is 19.0. The van der Waals surface area contributed by atoms with E-state index < -0.39 is 33.6 Å². The molecule has 2 aliphatic rings. The third-order valence-electron chi connectivity index (χ3n) is 6.11. The lowest BCUT2D eigenvalue weighted by Gasteiger charge is -2.33. The number of likely N-dealkylation sites (tertiary alicyclic amines) is 1. The Morgan fingerprint density at radius 2 is 1.94 bits per heavy atom. The maximum absolute atomic E-state index is 14.3. The van der Waals surface area contributed by atoms with E-state index in [9.17, 15) is 17.6 Å². The van der Waals surface area contributed by atoms with Gasteiger partial charge in [-0.1, -0.05) is 6.07 Å². The standard InChI is InChI=1S/C23H34FNO6S/c1-23(2,3)31-22(27)25-8-6-16(7-9-25)20-12-18(20)15-30-14-17-4-5-19(13-21(17)24)32(28,29)11-10-26/h4-5,13,16,18,20,26H,6-12,14-15H2,1-3H3. The van der Waals surface area contributed by atoms with Crippen LogP contribution >= 0.6 is 0 Å². The van der Waals surface area contributed by atoms with Crippen molar-refractivity contribution in [3.63, 3.8) is 0 Å². The first-order chi connectivity index (χ1) is 15.0. The van der Waals surface area contributed by atoms with E-state index in [1.54, 1.807) is 4.90 Å². The number of ether oxygens (including phenoxy) is 2. The van der Waals surface area contributed by atoms with E-state index in [2.05, 4.69) is 0 Å². The van der Waals surface area contributed by atoms with E-state index in [4.69, 9.17) is 14.6 Å². The third-order valence-corrected chi connectivity index (χ3v) is 7.80. The molecule has 2 atom stereocenters. The summed E-state index contributed by atoms with van der Waals surface area (Å²) in [5.41, 5.74) is -0.170. The number of piperidine rings is 1. The first-order valence-electron chi connectivity index (χ1n) is 11.2. The molecule has 1 aromatic rings. The van der Waals surface area contributed by atoms with Crippen LogP contribution in [0.1, 0.15) is 45.6 Å². The summed E-state index contributed by atoms with van der Waals surface area (Å²) in [4.78, 5) is 13.8. The third kappa shape index (κ3) is 6.65. The van der Waals surface area contributed by atoms with Crippen LogP contribution in [0.15, 0.2) is 23.1 Å². The van der Waals surface area contributed by atoms with E-state index in [0.29, 0.717) is 43.0 Å². The molecule has 1 N–H and O–H groups in total. The molecule has 9 heteroatoms. The monoisotopic (exact) mass is 471 g/mol. The second-order valence-electron chi connectivity index (χ2n) is 9.78. The largest absolute Gasteiger partial charge is 0.444 e. The molecule has 0 bridgehead atoms. The number of carbonyl (C=O) groups is 1. The van der Waals surface area contributed by atoms with E-state index >= 15 is 0 Å². The minimum Gasteiger partial charge on any atom is -0.444 e. The number of carbonyl (C=O) groups excluding carboxylic acids is 1. The summed E-state index contributed by atoms with van der Waals surface area (Å²) in [6.45, 7) is 7.15. The predicted molar refractivity (Wildman–Crippen MR) is 117 cm³/mol. The average Bonchev–Trinajstić information content (AvgIpc) is 3.47. The number of rotatable bonds is 8. The fraction of sp³-hybridized carbons (Fsp3) is 0.696.